The Bertz CT molecular complexity index is 827. The summed E-state index contributed by atoms with van der Waals surface area (Å²) in [4.78, 5) is 12.6. The Kier molecular flexibility index (Phi) is 7.13. The van der Waals surface area contributed by atoms with Crippen LogP contribution in [-0.4, -0.2) is 45.4 Å². The number of nitrogens with zero attached hydrogens (tertiary/aromatic N) is 1. The zero-order valence-electron chi connectivity index (χ0n) is 16.6. The van der Waals surface area contributed by atoms with Crippen molar-refractivity contribution in [1.29, 1.82) is 0 Å². The van der Waals surface area contributed by atoms with Gasteiger partial charge in [-0.2, -0.15) is 4.31 Å². The van der Waals surface area contributed by atoms with E-state index in [0.717, 1.165) is 38.5 Å². The number of rotatable bonds is 7. The molecule has 2 aliphatic rings. The molecule has 0 saturated carbocycles. The zero-order chi connectivity index (χ0) is 20.0. The minimum atomic E-state index is -3.68. The van der Waals surface area contributed by atoms with Gasteiger partial charge < -0.3 is 10.1 Å². The number of hydrogen-bond acceptors (Lipinski definition) is 4. The van der Waals surface area contributed by atoms with Crippen molar-refractivity contribution < 1.29 is 17.9 Å². The third-order valence-electron chi connectivity index (χ3n) is 5.48. The van der Waals surface area contributed by atoms with Crippen LogP contribution < -0.4 is 10.1 Å². The second kappa shape index (κ2) is 9.56. The molecule has 1 amide bonds. The van der Waals surface area contributed by atoms with E-state index < -0.39 is 10.0 Å². The third kappa shape index (κ3) is 4.94. The van der Waals surface area contributed by atoms with Gasteiger partial charge in [-0.15, -0.1) is 0 Å². The van der Waals surface area contributed by atoms with E-state index in [0.29, 0.717) is 25.2 Å². The number of nitrogens with one attached hydrogen (secondary N) is 1. The minimum absolute atomic E-state index is 0.0690. The maximum absolute atomic E-state index is 13.1. The van der Waals surface area contributed by atoms with Crippen molar-refractivity contribution in [2.24, 2.45) is 0 Å². The molecule has 1 N–H and O–H groups in total. The van der Waals surface area contributed by atoms with Gasteiger partial charge in [-0.3, -0.25) is 4.79 Å². The summed E-state index contributed by atoms with van der Waals surface area (Å²) < 4.78 is 32.9. The molecule has 6 nitrogen and oxygen atoms in total. The van der Waals surface area contributed by atoms with E-state index in [1.807, 2.05) is 0 Å². The lowest BCUT2D eigenvalue weighted by molar-refractivity contribution is 0.0953. The van der Waals surface area contributed by atoms with Gasteiger partial charge in [-0.25, -0.2) is 8.42 Å². The highest BCUT2D eigenvalue weighted by Crippen LogP contribution is 2.29. The monoisotopic (exact) mass is 406 g/mol. The fourth-order valence-electron chi connectivity index (χ4n) is 3.83. The summed E-state index contributed by atoms with van der Waals surface area (Å²) in [5.74, 6) is 0.0173. The van der Waals surface area contributed by atoms with Crippen LogP contribution in [0.5, 0.6) is 5.75 Å². The van der Waals surface area contributed by atoms with E-state index in [1.165, 1.54) is 35.9 Å². The normalized spacial score (nSPS) is 18.4. The highest BCUT2D eigenvalue weighted by molar-refractivity contribution is 7.89. The number of benzene rings is 1. The van der Waals surface area contributed by atoms with Crippen molar-refractivity contribution >= 4 is 15.9 Å². The topological polar surface area (TPSA) is 75.7 Å². The fraction of sp³-hybridized carbons (Fsp3) is 0.571. The van der Waals surface area contributed by atoms with Gasteiger partial charge in [0.15, 0.2) is 0 Å². The van der Waals surface area contributed by atoms with Crippen LogP contribution in [0.3, 0.4) is 0 Å². The molecule has 1 fully saturated rings. The van der Waals surface area contributed by atoms with Gasteiger partial charge in [-0.1, -0.05) is 18.1 Å². The molecule has 1 aliphatic carbocycles. The molecule has 1 aromatic carbocycles. The standard InChI is InChI=1S/C21H30N2O4S/c1-27-19-11-10-18(21(24)22-13-12-17-8-4-2-5-9-17)16-20(19)28(25,26)23-14-6-3-7-15-23/h8,10-11,16H,2-7,9,12-15H2,1H3,(H,22,24). The Morgan fingerprint density at radius 3 is 2.61 bits per heavy atom. The first-order valence-corrected chi connectivity index (χ1v) is 11.6. The second-order valence-electron chi connectivity index (χ2n) is 7.44. The van der Waals surface area contributed by atoms with Gasteiger partial charge in [0.2, 0.25) is 10.0 Å². The molecular weight excluding hydrogens is 376 g/mol. The number of allylic oxidation sites excluding steroid dienone is 1. The average Bonchev–Trinajstić information content (AvgIpc) is 2.74. The van der Waals surface area contributed by atoms with Gasteiger partial charge in [-0.05, 0) is 63.1 Å². The molecule has 0 aromatic heterocycles. The summed E-state index contributed by atoms with van der Waals surface area (Å²) in [6.45, 7) is 1.58. The van der Waals surface area contributed by atoms with E-state index in [4.69, 9.17) is 4.74 Å². The summed E-state index contributed by atoms with van der Waals surface area (Å²) in [7, 11) is -2.23. The largest absolute Gasteiger partial charge is 0.495 e. The number of piperidine rings is 1. The van der Waals surface area contributed by atoms with Crippen LogP contribution in [0.2, 0.25) is 0 Å². The number of hydrogen-bond donors (Lipinski definition) is 1. The zero-order valence-corrected chi connectivity index (χ0v) is 17.4. The maximum Gasteiger partial charge on any atom is 0.251 e. The predicted molar refractivity (Wildman–Crippen MR) is 109 cm³/mol. The first-order chi connectivity index (χ1) is 13.5. The Balaban J connectivity index is 1.72. The third-order valence-corrected chi connectivity index (χ3v) is 7.40. The SMILES string of the molecule is COc1ccc(C(=O)NCCC2=CCCCC2)cc1S(=O)(=O)N1CCCCC1. The van der Waals surface area contributed by atoms with E-state index in [-0.39, 0.29) is 16.6 Å². The second-order valence-corrected chi connectivity index (χ2v) is 9.35. The Morgan fingerprint density at radius 2 is 1.93 bits per heavy atom. The van der Waals surface area contributed by atoms with Gasteiger partial charge in [0.1, 0.15) is 10.6 Å². The number of ether oxygens (including phenoxy) is 1. The minimum Gasteiger partial charge on any atom is -0.495 e. The van der Waals surface area contributed by atoms with Crippen LogP contribution in [0.4, 0.5) is 0 Å². The molecule has 3 rings (SSSR count). The Labute approximate surface area is 168 Å². The Hall–Kier alpha value is -1.86. The predicted octanol–water partition coefficient (Wildman–Crippen LogP) is 3.49. The van der Waals surface area contributed by atoms with Gasteiger partial charge in [0.05, 0.1) is 7.11 Å². The lowest BCUT2D eigenvalue weighted by atomic mass is 9.97. The first kappa shape index (κ1) is 20.9. The highest BCUT2D eigenvalue weighted by atomic mass is 32.2. The quantitative estimate of drug-likeness (QED) is 0.704. The van der Waals surface area contributed by atoms with Crippen LogP contribution in [0.25, 0.3) is 0 Å². The fourth-order valence-corrected chi connectivity index (χ4v) is 5.53. The smallest absolute Gasteiger partial charge is 0.251 e. The molecule has 1 saturated heterocycles. The number of amides is 1. The lowest BCUT2D eigenvalue weighted by Gasteiger charge is -2.26. The molecule has 0 radical (unpaired) electrons. The molecule has 28 heavy (non-hydrogen) atoms. The maximum atomic E-state index is 13.1. The van der Waals surface area contributed by atoms with Crippen LogP contribution in [-0.2, 0) is 10.0 Å². The van der Waals surface area contributed by atoms with Crippen LogP contribution in [0.15, 0.2) is 34.7 Å². The highest BCUT2D eigenvalue weighted by Gasteiger charge is 2.29. The van der Waals surface area contributed by atoms with Crippen molar-refractivity contribution in [2.75, 3.05) is 26.7 Å². The molecular formula is C21H30N2O4S. The molecule has 1 aliphatic heterocycles. The summed E-state index contributed by atoms with van der Waals surface area (Å²) in [6, 6.07) is 4.62. The molecule has 1 aromatic rings. The Morgan fingerprint density at radius 1 is 1.14 bits per heavy atom. The summed E-state index contributed by atoms with van der Waals surface area (Å²) in [6.07, 6.45) is 10.6. The van der Waals surface area contributed by atoms with Gasteiger partial charge in [0, 0.05) is 25.2 Å². The van der Waals surface area contributed by atoms with Crippen molar-refractivity contribution in [3.8, 4) is 5.75 Å². The summed E-state index contributed by atoms with van der Waals surface area (Å²) in [5, 5.41) is 2.91. The lowest BCUT2D eigenvalue weighted by Crippen LogP contribution is -2.36. The molecule has 1 heterocycles. The molecule has 0 unspecified atom stereocenters. The van der Waals surface area contributed by atoms with E-state index in [1.54, 1.807) is 12.1 Å². The molecule has 154 valence electrons. The van der Waals surface area contributed by atoms with Crippen LogP contribution in [0, 0.1) is 0 Å². The number of carbonyl (C=O) groups is 1. The van der Waals surface area contributed by atoms with Gasteiger partial charge >= 0.3 is 0 Å². The molecule has 0 atom stereocenters. The average molecular weight is 407 g/mol. The summed E-state index contributed by atoms with van der Waals surface area (Å²) in [5.41, 5.74) is 1.74. The summed E-state index contributed by atoms with van der Waals surface area (Å²) >= 11 is 0. The number of sulfonamides is 1. The molecule has 0 bridgehead atoms. The van der Waals surface area contributed by atoms with Crippen molar-refractivity contribution in [3.63, 3.8) is 0 Å². The van der Waals surface area contributed by atoms with Crippen LogP contribution in [0.1, 0.15) is 61.7 Å². The van der Waals surface area contributed by atoms with Gasteiger partial charge in [0.25, 0.3) is 5.91 Å². The van der Waals surface area contributed by atoms with Crippen molar-refractivity contribution in [2.45, 2.75) is 56.3 Å². The molecule has 7 heteroatoms. The molecule has 0 spiro atoms. The van der Waals surface area contributed by atoms with E-state index >= 15 is 0 Å². The van der Waals surface area contributed by atoms with Crippen LogP contribution >= 0.6 is 0 Å². The van der Waals surface area contributed by atoms with Crippen molar-refractivity contribution in [1.82, 2.24) is 9.62 Å². The first-order valence-electron chi connectivity index (χ1n) is 10.2. The van der Waals surface area contributed by atoms with E-state index in [9.17, 15) is 13.2 Å². The van der Waals surface area contributed by atoms with Crippen molar-refractivity contribution in [3.05, 3.63) is 35.4 Å². The number of carbonyl (C=O) groups excluding carboxylic acids is 1. The van der Waals surface area contributed by atoms with E-state index in [2.05, 4.69) is 11.4 Å². The number of methoxy groups -OCH3 is 1.